The lowest BCUT2D eigenvalue weighted by Crippen LogP contribution is -2.19. The Hall–Kier alpha value is -3.29. The molecule has 4 aromatic rings. The summed E-state index contributed by atoms with van der Waals surface area (Å²) in [7, 11) is 1.91. The van der Waals surface area contributed by atoms with Crippen molar-refractivity contribution in [2.75, 3.05) is 5.32 Å². The number of fused-ring (bicyclic) bond motifs is 1. The molecule has 1 unspecified atom stereocenters. The lowest BCUT2D eigenvalue weighted by atomic mass is 10.2. The van der Waals surface area contributed by atoms with Crippen LogP contribution in [0.25, 0.3) is 22.4 Å². The minimum Gasteiger partial charge on any atom is -0.367 e. The van der Waals surface area contributed by atoms with E-state index in [1.165, 1.54) is 0 Å². The fourth-order valence-electron chi connectivity index (χ4n) is 3.14. The molecule has 0 bridgehead atoms. The molecule has 0 spiro atoms. The van der Waals surface area contributed by atoms with Crippen molar-refractivity contribution in [3.8, 4) is 11.4 Å². The maximum absolute atomic E-state index is 4.80. The Labute approximate surface area is 157 Å². The van der Waals surface area contributed by atoms with Crippen LogP contribution in [0.1, 0.15) is 19.0 Å². The summed E-state index contributed by atoms with van der Waals surface area (Å²) in [5.74, 6) is 1.47. The first-order valence-electron chi connectivity index (χ1n) is 8.97. The average molecular weight is 362 g/mol. The summed E-state index contributed by atoms with van der Waals surface area (Å²) in [6, 6.07) is 5.98. The summed E-state index contributed by atoms with van der Waals surface area (Å²) in [5, 5.41) is 13.3. The summed E-state index contributed by atoms with van der Waals surface area (Å²) in [5.41, 5.74) is 2.66. The molecule has 1 atom stereocenters. The standard InChI is InChI=1S/C19H22N8/c1-13(7-12-27-11-4-8-21-27)22-18-16-14(2)25-26(3)19(16)24-17(23-18)15-5-9-20-10-6-15/h4-6,8-11,13H,7,12H2,1-3H3,(H,22,23,24). The molecule has 0 saturated heterocycles. The molecule has 8 nitrogen and oxygen atoms in total. The van der Waals surface area contributed by atoms with Gasteiger partial charge in [0.25, 0.3) is 0 Å². The van der Waals surface area contributed by atoms with Crippen LogP contribution in [0.15, 0.2) is 43.0 Å². The highest BCUT2D eigenvalue weighted by Gasteiger charge is 2.17. The molecule has 0 amide bonds. The van der Waals surface area contributed by atoms with E-state index in [9.17, 15) is 0 Å². The second kappa shape index (κ2) is 7.14. The zero-order chi connectivity index (χ0) is 18.8. The fourth-order valence-corrected chi connectivity index (χ4v) is 3.14. The molecule has 0 aliphatic rings. The van der Waals surface area contributed by atoms with Gasteiger partial charge in [0.05, 0.1) is 11.1 Å². The fraction of sp³-hybridized carbons (Fsp3) is 0.316. The van der Waals surface area contributed by atoms with Gasteiger partial charge in [-0.15, -0.1) is 0 Å². The van der Waals surface area contributed by atoms with Crippen molar-refractivity contribution >= 4 is 16.9 Å². The smallest absolute Gasteiger partial charge is 0.164 e. The topological polar surface area (TPSA) is 86.3 Å². The van der Waals surface area contributed by atoms with Gasteiger partial charge in [0.2, 0.25) is 0 Å². The maximum atomic E-state index is 4.80. The number of rotatable bonds is 6. The minimum absolute atomic E-state index is 0.220. The van der Waals surface area contributed by atoms with Gasteiger partial charge in [-0.25, -0.2) is 9.97 Å². The Morgan fingerprint density at radius 3 is 2.70 bits per heavy atom. The molecule has 27 heavy (non-hydrogen) atoms. The van der Waals surface area contributed by atoms with E-state index in [0.717, 1.165) is 41.1 Å². The molecular weight excluding hydrogens is 340 g/mol. The van der Waals surface area contributed by atoms with Gasteiger partial charge in [-0.2, -0.15) is 10.2 Å². The van der Waals surface area contributed by atoms with Crippen LogP contribution < -0.4 is 5.32 Å². The number of anilines is 1. The van der Waals surface area contributed by atoms with Gasteiger partial charge < -0.3 is 5.32 Å². The van der Waals surface area contributed by atoms with E-state index >= 15 is 0 Å². The zero-order valence-electron chi connectivity index (χ0n) is 15.7. The Bertz CT molecular complexity index is 1040. The molecule has 4 aromatic heterocycles. The SMILES string of the molecule is Cc1nn(C)c2nc(-c3ccncc3)nc(NC(C)CCn3cccn3)c12. The average Bonchev–Trinajstić information content (AvgIpc) is 3.29. The molecule has 0 aliphatic heterocycles. The molecule has 0 radical (unpaired) electrons. The first kappa shape index (κ1) is 17.1. The molecule has 4 rings (SSSR count). The lowest BCUT2D eigenvalue weighted by molar-refractivity contribution is 0.545. The molecule has 0 fully saturated rings. The number of hydrogen-bond donors (Lipinski definition) is 1. The molecule has 0 aliphatic carbocycles. The van der Waals surface area contributed by atoms with Gasteiger partial charge in [-0.1, -0.05) is 0 Å². The first-order valence-corrected chi connectivity index (χ1v) is 8.97. The highest BCUT2D eigenvalue weighted by Crippen LogP contribution is 2.27. The Kier molecular flexibility index (Phi) is 4.53. The van der Waals surface area contributed by atoms with Crippen molar-refractivity contribution in [2.24, 2.45) is 7.05 Å². The van der Waals surface area contributed by atoms with Crippen LogP contribution in [-0.4, -0.2) is 40.6 Å². The van der Waals surface area contributed by atoms with Gasteiger partial charge in [0.15, 0.2) is 11.5 Å². The van der Waals surface area contributed by atoms with Crippen molar-refractivity contribution in [3.63, 3.8) is 0 Å². The summed E-state index contributed by atoms with van der Waals surface area (Å²) in [4.78, 5) is 13.6. The third-order valence-electron chi connectivity index (χ3n) is 4.53. The van der Waals surface area contributed by atoms with E-state index in [2.05, 4.69) is 27.4 Å². The second-order valence-electron chi connectivity index (χ2n) is 6.64. The number of aromatic nitrogens is 7. The molecule has 8 heteroatoms. The Morgan fingerprint density at radius 1 is 1.15 bits per heavy atom. The van der Waals surface area contributed by atoms with Crippen molar-refractivity contribution in [1.29, 1.82) is 0 Å². The third kappa shape index (κ3) is 3.51. The van der Waals surface area contributed by atoms with Crippen LogP contribution in [0.4, 0.5) is 5.82 Å². The molecule has 0 aromatic carbocycles. The Morgan fingerprint density at radius 2 is 1.96 bits per heavy atom. The molecular formula is C19H22N8. The number of nitrogens with one attached hydrogen (secondary N) is 1. The second-order valence-corrected chi connectivity index (χ2v) is 6.64. The van der Waals surface area contributed by atoms with Gasteiger partial charge in [0, 0.05) is 50.0 Å². The Balaban J connectivity index is 1.67. The predicted molar refractivity (Wildman–Crippen MR) is 104 cm³/mol. The van der Waals surface area contributed by atoms with Gasteiger partial charge >= 0.3 is 0 Å². The minimum atomic E-state index is 0.220. The maximum Gasteiger partial charge on any atom is 0.164 e. The van der Waals surface area contributed by atoms with E-state index in [1.807, 2.05) is 43.0 Å². The molecule has 138 valence electrons. The van der Waals surface area contributed by atoms with Crippen LogP contribution >= 0.6 is 0 Å². The molecule has 4 heterocycles. The quantitative estimate of drug-likeness (QED) is 0.568. The van der Waals surface area contributed by atoms with Gasteiger partial charge in [-0.05, 0) is 38.5 Å². The number of pyridine rings is 1. The lowest BCUT2D eigenvalue weighted by Gasteiger charge is -2.16. The summed E-state index contributed by atoms with van der Waals surface area (Å²) >= 11 is 0. The summed E-state index contributed by atoms with van der Waals surface area (Å²) < 4.78 is 3.74. The van der Waals surface area contributed by atoms with E-state index in [1.54, 1.807) is 23.3 Å². The van der Waals surface area contributed by atoms with E-state index < -0.39 is 0 Å². The number of hydrogen-bond acceptors (Lipinski definition) is 6. The third-order valence-corrected chi connectivity index (χ3v) is 4.53. The summed E-state index contributed by atoms with van der Waals surface area (Å²) in [6.45, 7) is 4.98. The van der Waals surface area contributed by atoms with Gasteiger partial charge in [-0.3, -0.25) is 14.3 Å². The zero-order valence-corrected chi connectivity index (χ0v) is 15.7. The van der Waals surface area contributed by atoms with E-state index in [0.29, 0.717) is 5.82 Å². The number of aryl methyl sites for hydroxylation is 3. The van der Waals surface area contributed by atoms with Crippen LogP contribution in [0.2, 0.25) is 0 Å². The van der Waals surface area contributed by atoms with Gasteiger partial charge in [0.1, 0.15) is 5.82 Å². The van der Waals surface area contributed by atoms with Crippen molar-refractivity contribution < 1.29 is 0 Å². The number of nitrogens with zero attached hydrogens (tertiary/aromatic N) is 7. The van der Waals surface area contributed by atoms with Crippen LogP contribution in [0.5, 0.6) is 0 Å². The normalized spacial score (nSPS) is 12.4. The molecule has 1 N–H and O–H groups in total. The first-order chi connectivity index (χ1) is 13.1. The summed E-state index contributed by atoms with van der Waals surface area (Å²) in [6.07, 6.45) is 8.19. The van der Waals surface area contributed by atoms with Crippen LogP contribution in [0, 0.1) is 6.92 Å². The van der Waals surface area contributed by atoms with Crippen molar-refractivity contribution in [2.45, 2.75) is 32.9 Å². The highest BCUT2D eigenvalue weighted by atomic mass is 15.3. The van der Waals surface area contributed by atoms with E-state index in [-0.39, 0.29) is 6.04 Å². The van der Waals surface area contributed by atoms with Crippen molar-refractivity contribution in [3.05, 3.63) is 48.7 Å². The van der Waals surface area contributed by atoms with Crippen molar-refractivity contribution in [1.82, 2.24) is 34.5 Å². The monoisotopic (exact) mass is 362 g/mol. The largest absolute Gasteiger partial charge is 0.367 e. The predicted octanol–water partition coefficient (Wildman–Crippen LogP) is 2.82. The highest BCUT2D eigenvalue weighted by molar-refractivity contribution is 5.91. The van der Waals surface area contributed by atoms with Crippen LogP contribution in [-0.2, 0) is 13.6 Å². The van der Waals surface area contributed by atoms with E-state index in [4.69, 9.17) is 9.97 Å². The van der Waals surface area contributed by atoms with Crippen LogP contribution in [0.3, 0.4) is 0 Å². The molecule has 0 saturated carbocycles.